The first-order valence-corrected chi connectivity index (χ1v) is 7.74. The molecule has 2 aliphatic rings. The Kier molecular flexibility index (Phi) is 4.71. The van der Waals surface area contributed by atoms with Crippen LogP contribution < -0.4 is 0 Å². The molecule has 2 unspecified atom stereocenters. The lowest BCUT2D eigenvalue weighted by Crippen LogP contribution is -2.50. The van der Waals surface area contributed by atoms with Gasteiger partial charge in [-0.25, -0.2) is 0 Å². The first-order chi connectivity index (χ1) is 8.66. The van der Waals surface area contributed by atoms with Gasteiger partial charge in [-0.2, -0.15) is 0 Å². The molecule has 2 nitrogen and oxygen atoms in total. The fourth-order valence-corrected chi connectivity index (χ4v) is 4.32. The van der Waals surface area contributed by atoms with Gasteiger partial charge in [0.05, 0.1) is 11.7 Å². The van der Waals surface area contributed by atoms with E-state index in [0.29, 0.717) is 11.5 Å². The number of hydrogen-bond donors (Lipinski definition) is 0. The highest BCUT2D eigenvalue weighted by Gasteiger charge is 2.50. The van der Waals surface area contributed by atoms with Crippen molar-refractivity contribution in [3.63, 3.8) is 0 Å². The third-order valence-electron chi connectivity index (χ3n) is 5.70. The van der Waals surface area contributed by atoms with Gasteiger partial charge in [-0.3, -0.25) is 0 Å². The zero-order valence-electron chi connectivity index (χ0n) is 12.5. The standard InChI is InChI=1S/C16H30O2/c1-15(10-6-4-7-11-15)16(18-3)12-8-5-9-14(13-16)17-2/h14H,4-13H2,1-3H3. The van der Waals surface area contributed by atoms with Gasteiger partial charge in [0.1, 0.15) is 0 Å². The molecule has 106 valence electrons. The van der Waals surface area contributed by atoms with Gasteiger partial charge in [0.25, 0.3) is 0 Å². The molecule has 2 aliphatic carbocycles. The Balaban J connectivity index is 2.20. The normalized spacial score (nSPS) is 37.2. The summed E-state index contributed by atoms with van der Waals surface area (Å²) in [6.07, 6.45) is 13.3. The van der Waals surface area contributed by atoms with E-state index >= 15 is 0 Å². The SMILES string of the molecule is COC1CCCCC(OC)(C2(C)CCCCC2)C1. The molecule has 0 aliphatic heterocycles. The summed E-state index contributed by atoms with van der Waals surface area (Å²) < 4.78 is 11.8. The summed E-state index contributed by atoms with van der Waals surface area (Å²) in [5, 5.41) is 0. The molecule has 0 radical (unpaired) electrons. The third kappa shape index (κ3) is 2.60. The third-order valence-corrected chi connectivity index (χ3v) is 5.70. The first kappa shape index (κ1) is 14.3. The molecule has 0 bridgehead atoms. The second kappa shape index (κ2) is 5.92. The van der Waals surface area contributed by atoms with Crippen molar-refractivity contribution in [2.75, 3.05) is 14.2 Å². The monoisotopic (exact) mass is 254 g/mol. The van der Waals surface area contributed by atoms with Crippen molar-refractivity contribution in [1.82, 2.24) is 0 Å². The molecule has 18 heavy (non-hydrogen) atoms. The van der Waals surface area contributed by atoms with Crippen LogP contribution in [0.4, 0.5) is 0 Å². The van der Waals surface area contributed by atoms with E-state index in [-0.39, 0.29) is 5.60 Å². The molecule has 0 aromatic rings. The minimum absolute atomic E-state index is 0.0601. The first-order valence-electron chi connectivity index (χ1n) is 7.74. The largest absolute Gasteiger partial charge is 0.381 e. The van der Waals surface area contributed by atoms with Gasteiger partial charge in [0.2, 0.25) is 0 Å². The van der Waals surface area contributed by atoms with Crippen molar-refractivity contribution >= 4 is 0 Å². The molecule has 2 rings (SSSR count). The van der Waals surface area contributed by atoms with Gasteiger partial charge in [-0.1, -0.05) is 39.0 Å². The fourth-order valence-electron chi connectivity index (χ4n) is 4.32. The lowest BCUT2D eigenvalue weighted by molar-refractivity contribution is -0.146. The molecule has 0 heterocycles. The van der Waals surface area contributed by atoms with Crippen LogP contribution in [-0.4, -0.2) is 25.9 Å². The second-order valence-corrected chi connectivity index (χ2v) is 6.63. The molecule has 0 amide bonds. The summed E-state index contributed by atoms with van der Waals surface area (Å²) in [6, 6.07) is 0. The van der Waals surface area contributed by atoms with Crippen LogP contribution in [0.15, 0.2) is 0 Å². The summed E-state index contributed by atoms with van der Waals surface area (Å²) in [6.45, 7) is 2.47. The van der Waals surface area contributed by atoms with Crippen LogP contribution in [0, 0.1) is 5.41 Å². The summed E-state index contributed by atoms with van der Waals surface area (Å²) in [5.41, 5.74) is 0.422. The highest BCUT2D eigenvalue weighted by atomic mass is 16.5. The maximum Gasteiger partial charge on any atom is 0.0756 e. The predicted octanol–water partition coefficient (Wildman–Crippen LogP) is 4.32. The Morgan fingerprint density at radius 2 is 1.56 bits per heavy atom. The molecule has 0 aromatic carbocycles. The minimum Gasteiger partial charge on any atom is -0.381 e. The predicted molar refractivity (Wildman–Crippen MR) is 74.8 cm³/mol. The molecule has 2 heteroatoms. The van der Waals surface area contributed by atoms with Gasteiger partial charge in [-0.15, -0.1) is 0 Å². The van der Waals surface area contributed by atoms with E-state index in [1.165, 1.54) is 57.8 Å². The van der Waals surface area contributed by atoms with Crippen molar-refractivity contribution < 1.29 is 9.47 Å². The van der Waals surface area contributed by atoms with Crippen molar-refractivity contribution in [1.29, 1.82) is 0 Å². The molecule has 0 N–H and O–H groups in total. The number of hydrogen-bond acceptors (Lipinski definition) is 2. The second-order valence-electron chi connectivity index (χ2n) is 6.63. The average molecular weight is 254 g/mol. The quantitative estimate of drug-likeness (QED) is 0.698. The average Bonchev–Trinajstić information content (AvgIpc) is 2.63. The number of methoxy groups -OCH3 is 2. The molecular formula is C16H30O2. The minimum atomic E-state index is 0.0601. The zero-order valence-corrected chi connectivity index (χ0v) is 12.5. The number of rotatable bonds is 3. The number of ether oxygens (including phenoxy) is 2. The molecule has 0 aromatic heterocycles. The Labute approximate surface area is 112 Å². The Morgan fingerprint density at radius 1 is 0.889 bits per heavy atom. The molecule has 2 fully saturated rings. The Bertz CT molecular complexity index is 258. The topological polar surface area (TPSA) is 18.5 Å². The summed E-state index contributed by atoms with van der Waals surface area (Å²) in [7, 11) is 3.79. The maximum atomic E-state index is 6.15. The lowest BCUT2D eigenvalue weighted by Gasteiger charge is -2.50. The van der Waals surface area contributed by atoms with E-state index in [4.69, 9.17) is 9.47 Å². The molecule has 2 saturated carbocycles. The van der Waals surface area contributed by atoms with E-state index in [1.807, 2.05) is 14.2 Å². The van der Waals surface area contributed by atoms with E-state index < -0.39 is 0 Å². The van der Waals surface area contributed by atoms with Crippen molar-refractivity contribution in [2.24, 2.45) is 5.41 Å². The Morgan fingerprint density at radius 3 is 2.17 bits per heavy atom. The van der Waals surface area contributed by atoms with Crippen LogP contribution in [-0.2, 0) is 9.47 Å². The smallest absolute Gasteiger partial charge is 0.0756 e. The van der Waals surface area contributed by atoms with Crippen LogP contribution >= 0.6 is 0 Å². The van der Waals surface area contributed by atoms with Crippen molar-refractivity contribution in [3.05, 3.63) is 0 Å². The highest BCUT2D eigenvalue weighted by molar-refractivity contribution is 5.01. The molecular weight excluding hydrogens is 224 g/mol. The molecule has 0 saturated heterocycles. The molecule has 2 atom stereocenters. The molecule has 0 spiro atoms. The van der Waals surface area contributed by atoms with E-state index in [9.17, 15) is 0 Å². The van der Waals surface area contributed by atoms with Crippen LogP contribution in [0.2, 0.25) is 0 Å². The zero-order chi connectivity index (χ0) is 13.1. The lowest BCUT2D eigenvalue weighted by atomic mass is 9.61. The van der Waals surface area contributed by atoms with Crippen LogP contribution in [0.3, 0.4) is 0 Å². The summed E-state index contributed by atoms with van der Waals surface area (Å²) >= 11 is 0. The van der Waals surface area contributed by atoms with Crippen molar-refractivity contribution in [3.8, 4) is 0 Å². The van der Waals surface area contributed by atoms with E-state index in [0.717, 1.165) is 6.42 Å². The summed E-state index contributed by atoms with van der Waals surface area (Å²) in [4.78, 5) is 0. The van der Waals surface area contributed by atoms with E-state index in [1.54, 1.807) is 0 Å². The highest BCUT2D eigenvalue weighted by Crippen LogP contribution is 2.52. The van der Waals surface area contributed by atoms with Gasteiger partial charge in [0.15, 0.2) is 0 Å². The van der Waals surface area contributed by atoms with Crippen LogP contribution in [0.1, 0.15) is 71.1 Å². The van der Waals surface area contributed by atoms with Crippen molar-refractivity contribution in [2.45, 2.75) is 82.8 Å². The van der Waals surface area contributed by atoms with Crippen LogP contribution in [0.25, 0.3) is 0 Å². The maximum absolute atomic E-state index is 6.15. The Hall–Kier alpha value is -0.0800. The summed E-state index contributed by atoms with van der Waals surface area (Å²) in [5.74, 6) is 0. The van der Waals surface area contributed by atoms with E-state index in [2.05, 4.69) is 6.92 Å². The van der Waals surface area contributed by atoms with Gasteiger partial charge >= 0.3 is 0 Å². The van der Waals surface area contributed by atoms with Crippen LogP contribution in [0.5, 0.6) is 0 Å². The van der Waals surface area contributed by atoms with Gasteiger partial charge in [0, 0.05) is 20.6 Å². The van der Waals surface area contributed by atoms with Gasteiger partial charge < -0.3 is 9.47 Å². The van der Waals surface area contributed by atoms with Gasteiger partial charge in [-0.05, 0) is 31.1 Å². The fraction of sp³-hybridized carbons (Fsp3) is 1.00.